The van der Waals surface area contributed by atoms with Crippen molar-refractivity contribution >= 4 is 44.5 Å². The first-order valence-corrected chi connectivity index (χ1v) is 7.29. The highest BCUT2D eigenvalue weighted by Gasteiger charge is 2.13. The van der Waals surface area contributed by atoms with Crippen LogP contribution in [0.3, 0.4) is 0 Å². The van der Waals surface area contributed by atoms with Crippen LogP contribution in [0.5, 0.6) is 0 Å². The molecule has 106 valence electrons. The highest BCUT2D eigenvalue weighted by atomic mass is 79.9. The van der Waals surface area contributed by atoms with Crippen molar-refractivity contribution in [2.24, 2.45) is 7.05 Å². The number of fused-ring (bicyclic) bond motifs is 1. The van der Waals surface area contributed by atoms with Crippen LogP contribution in [-0.2, 0) is 7.05 Å². The first-order chi connectivity index (χ1) is 9.97. The Bertz CT molecular complexity index is 873. The minimum Gasteiger partial charge on any atom is -0.478 e. The van der Waals surface area contributed by atoms with Crippen molar-refractivity contribution in [2.75, 3.05) is 0 Å². The summed E-state index contributed by atoms with van der Waals surface area (Å²) >= 11 is 9.40. The van der Waals surface area contributed by atoms with E-state index in [4.69, 9.17) is 16.7 Å². The summed E-state index contributed by atoms with van der Waals surface area (Å²) in [5.41, 5.74) is 2.66. The van der Waals surface area contributed by atoms with Gasteiger partial charge in [0.25, 0.3) is 0 Å². The highest BCUT2D eigenvalue weighted by molar-refractivity contribution is 9.10. The number of carbonyl (C=O) groups is 1. The summed E-state index contributed by atoms with van der Waals surface area (Å²) < 4.78 is 2.72. The number of halogens is 2. The summed E-state index contributed by atoms with van der Waals surface area (Å²) in [6.45, 7) is 0. The zero-order valence-electron chi connectivity index (χ0n) is 11.0. The lowest BCUT2D eigenvalue weighted by atomic mass is 10.2. The van der Waals surface area contributed by atoms with Gasteiger partial charge in [-0.05, 0) is 52.3 Å². The standard InChI is InChI=1S/C15H10BrClN2O2/c1-19-13-5-3-9(15(20)21)7-12(13)18-14(19)8-2-4-11(17)10(16)6-8/h2-7H,1H3,(H,20,21). The Morgan fingerprint density at radius 2 is 2.05 bits per heavy atom. The number of aromatic carboxylic acids is 1. The SMILES string of the molecule is Cn1c(-c2ccc(Cl)c(Br)c2)nc2cc(C(=O)O)ccc21. The fraction of sp³-hybridized carbons (Fsp3) is 0.0667. The quantitative estimate of drug-likeness (QED) is 0.734. The van der Waals surface area contributed by atoms with Gasteiger partial charge in [0, 0.05) is 17.1 Å². The van der Waals surface area contributed by atoms with Gasteiger partial charge < -0.3 is 9.67 Å². The van der Waals surface area contributed by atoms with Gasteiger partial charge >= 0.3 is 5.97 Å². The molecule has 6 heteroatoms. The van der Waals surface area contributed by atoms with Crippen molar-refractivity contribution in [3.63, 3.8) is 0 Å². The summed E-state index contributed by atoms with van der Waals surface area (Å²) in [5, 5.41) is 9.68. The molecule has 21 heavy (non-hydrogen) atoms. The van der Waals surface area contributed by atoms with E-state index in [-0.39, 0.29) is 5.56 Å². The van der Waals surface area contributed by atoms with Crippen LogP contribution in [0.2, 0.25) is 5.02 Å². The molecule has 0 saturated carbocycles. The molecule has 0 radical (unpaired) electrons. The highest BCUT2D eigenvalue weighted by Crippen LogP contribution is 2.30. The molecule has 0 unspecified atom stereocenters. The van der Waals surface area contributed by atoms with Crippen LogP contribution in [0.4, 0.5) is 0 Å². The van der Waals surface area contributed by atoms with E-state index in [2.05, 4.69) is 20.9 Å². The molecule has 1 N–H and O–H groups in total. The molecule has 0 amide bonds. The van der Waals surface area contributed by atoms with Crippen molar-refractivity contribution in [1.82, 2.24) is 9.55 Å². The third kappa shape index (κ3) is 2.43. The molecule has 0 saturated heterocycles. The van der Waals surface area contributed by atoms with Crippen LogP contribution in [0.1, 0.15) is 10.4 Å². The Balaban J connectivity index is 2.21. The zero-order valence-corrected chi connectivity index (χ0v) is 13.3. The first-order valence-electron chi connectivity index (χ1n) is 6.12. The number of hydrogen-bond donors (Lipinski definition) is 1. The second-order valence-corrected chi connectivity index (χ2v) is 5.89. The van der Waals surface area contributed by atoms with E-state index in [9.17, 15) is 4.79 Å². The predicted octanol–water partition coefficient (Wildman–Crippen LogP) is 4.35. The van der Waals surface area contributed by atoms with E-state index in [1.165, 1.54) is 0 Å². The van der Waals surface area contributed by atoms with Gasteiger partial charge in [-0.2, -0.15) is 0 Å². The molecule has 1 aromatic heterocycles. The Kier molecular flexibility index (Phi) is 3.47. The Morgan fingerprint density at radius 3 is 2.71 bits per heavy atom. The molecule has 0 bridgehead atoms. The summed E-state index contributed by atoms with van der Waals surface area (Å²) in [6, 6.07) is 10.5. The molecule has 4 nitrogen and oxygen atoms in total. The Labute approximate surface area is 134 Å². The molecule has 3 aromatic rings. The van der Waals surface area contributed by atoms with Crippen LogP contribution < -0.4 is 0 Å². The van der Waals surface area contributed by atoms with Crippen LogP contribution >= 0.6 is 27.5 Å². The van der Waals surface area contributed by atoms with E-state index < -0.39 is 5.97 Å². The minimum absolute atomic E-state index is 0.226. The number of nitrogens with zero attached hydrogens (tertiary/aromatic N) is 2. The van der Waals surface area contributed by atoms with Crippen molar-refractivity contribution < 1.29 is 9.90 Å². The van der Waals surface area contributed by atoms with E-state index in [0.717, 1.165) is 21.4 Å². The van der Waals surface area contributed by atoms with E-state index in [1.807, 2.05) is 23.7 Å². The lowest BCUT2D eigenvalue weighted by molar-refractivity contribution is 0.0697. The van der Waals surface area contributed by atoms with Crippen LogP contribution in [0, 0.1) is 0 Å². The topological polar surface area (TPSA) is 55.1 Å². The number of benzene rings is 2. The van der Waals surface area contributed by atoms with Gasteiger partial charge in [-0.25, -0.2) is 9.78 Å². The minimum atomic E-state index is -0.960. The molecule has 0 atom stereocenters. The van der Waals surface area contributed by atoms with Gasteiger partial charge in [-0.1, -0.05) is 11.6 Å². The van der Waals surface area contributed by atoms with Crippen molar-refractivity contribution in [3.05, 3.63) is 51.5 Å². The maximum absolute atomic E-state index is 11.0. The van der Waals surface area contributed by atoms with E-state index in [0.29, 0.717) is 10.5 Å². The maximum atomic E-state index is 11.0. The summed E-state index contributed by atoms with van der Waals surface area (Å²) in [5.74, 6) is -0.205. The van der Waals surface area contributed by atoms with Gasteiger partial charge in [0.2, 0.25) is 0 Å². The van der Waals surface area contributed by atoms with Crippen LogP contribution in [-0.4, -0.2) is 20.6 Å². The molecule has 2 aromatic carbocycles. The smallest absolute Gasteiger partial charge is 0.335 e. The second kappa shape index (κ2) is 5.16. The summed E-state index contributed by atoms with van der Waals surface area (Å²) in [6.07, 6.45) is 0. The number of rotatable bonds is 2. The lowest BCUT2D eigenvalue weighted by Crippen LogP contribution is -1.95. The molecular formula is C15H10BrClN2O2. The average molecular weight is 366 g/mol. The number of aryl methyl sites for hydroxylation is 1. The maximum Gasteiger partial charge on any atom is 0.335 e. The molecule has 0 spiro atoms. The summed E-state index contributed by atoms with van der Waals surface area (Å²) in [7, 11) is 1.90. The second-order valence-electron chi connectivity index (χ2n) is 4.63. The Morgan fingerprint density at radius 1 is 1.29 bits per heavy atom. The van der Waals surface area contributed by atoms with Gasteiger partial charge in [-0.15, -0.1) is 0 Å². The monoisotopic (exact) mass is 364 g/mol. The molecule has 1 heterocycles. The molecule has 0 aliphatic carbocycles. The first kappa shape index (κ1) is 14.1. The number of imidazole rings is 1. The number of carboxylic acids is 1. The third-order valence-electron chi connectivity index (χ3n) is 3.31. The van der Waals surface area contributed by atoms with Gasteiger partial charge in [0.1, 0.15) is 5.82 Å². The normalized spacial score (nSPS) is 11.0. The van der Waals surface area contributed by atoms with Crippen molar-refractivity contribution in [3.8, 4) is 11.4 Å². The Hall–Kier alpha value is -1.85. The van der Waals surface area contributed by atoms with E-state index >= 15 is 0 Å². The molecule has 0 aliphatic rings. The van der Waals surface area contributed by atoms with Crippen LogP contribution in [0.15, 0.2) is 40.9 Å². The molecule has 3 rings (SSSR count). The lowest BCUT2D eigenvalue weighted by Gasteiger charge is -2.04. The summed E-state index contributed by atoms with van der Waals surface area (Å²) in [4.78, 5) is 15.6. The zero-order chi connectivity index (χ0) is 15.1. The average Bonchev–Trinajstić information content (AvgIpc) is 2.78. The van der Waals surface area contributed by atoms with Gasteiger partial charge in [0.05, 0.1) is 21.6 Å². The number of carboxylic acid groups (broad SMARTS) is 1. The van der Waals surface area contributed by atoms with Crippen molar-refractivity contribution in [1.29, 1.82) is 0 Å². The van der Waals surface area contributed by atoms with Gasteiger partial charge in [0.15, 0.2) is 0 Å². The van der Waals surface area contributed by atoms with Crippen molar-refractivity contribution in [2.45, 2.75) is 0 Å². The predicted molar refractivity (Wildman–Crippen MR) is 85.8 cm³/mol. The van der Waals surface area contributed by atoms with E-state index in [1.54, 1.807) is 24.3 Å². The largest absolute Gasteiger partial charge is 0.478 e. The van der Waals surface area contributed by atoms with Gasteiger partial charge in [-0.3, -0.25) is 0 Å². The fourth-order valence-electron chi connectivity index (χ4n) is 2.23. The number of aromatic nitrogens is 2. The molecular weight excluding hydrogens is 356 g/mol. The third-order valence-corrected chi connectivity index (χ3v) is 4.52. The van der Waals surface area contributed by atoms with Crippen LogP contribution in [0.25, 0.3) is 22.4 Å². The molecule has 0 fully saturated rings. The number of hydrogen-bond acceptors (Lipinski definition) is 2. The fourth-order valence-corrected chi connectivity index (χ4v) is 2.72. The molecule has 0 aliphatic heterocycles.